The lowest BCUT2D eigenvalue weighted by molar-refractivity contribution is -0.124. The van der Waals surface area contributed by atoms with Gasteiger partial charge in [0, 0.05) is 4.47 Å². The molecule has 1 aliphatic carbocycles. The van der Waals surface area contributed by atoms with Crippen LogP contribution in [-0.2, 0) is 4.79 Å². The lowest BCUT2D eigenvalue weighted by Gasteiger charge is -2.19. The summed E-state index contributed by atoms with van der Waals surface area (Å²) in [6.45, 7) is -0.0442. The molecule has 0 heterocycles. The Morgan fingerprint density at radius 2 is 2.00 bits per heavy atom. The summed E-state index contributed by atoms with van der Waals surface area (Å²) in [7, 11) is 0. The average molecular weight is 395 g/mol. The molecule has 1 atom stereocenters. The van der Waals surface area contributed by atoms with Crippen molar-refractivity contribution in [2.75, 3.05) is 6.61 Å². The van der Waals surface area contributed by atoms with Crippen LogP contribution >= 0.6 is 27.5 Å². The Kier molecular flexibility index (Phi) is 5.23. The predicted octanol–water partition coefficient (Wildman–Crippen LogP) is 4.75. The molecule has 1 aliphatic rings. The maximum atomic E-state index is 12.2. The smallest absolute Gasteiger partial charge is 0.258 e. The van der Waals surface area contributed by atoms with E-state index in [0.717, 1.165) is 22.9 Å². The van der Waals surface area contributed by atoms with Gasteiger partial charge in [-0.2, -0.15) is 0 Å². The van der Waals surface area contributed by atoms with Crippen LogP contribution < -0.4 is 10.1 Å². The second-order valence-corrected chi connectivity index (χ2v) is 6.98. The number of benzene rings is 2. The quantitative estimate of drug-likeness (QED) is 0.768. The van der Waals surface area contributed by atoms with Gasteiger partial charge in [-0.05, 0) is 42.5 Å². The van der Waals surface area contributed by atoms with Crippen molar-refractivity contribution in [3.63, 3.8) is 0 Å². The number of rotatable bonds is 6. The molecule has 1 saturated carbocycles. The first kappa shape index (κ1) is 16.3. The van der Waals surface area contributed by atoms with Crippen molar-refractivity contribution < 1.29 is 9.53 Å². The second kappa shape index (κ2) is 7.37. The highest BCUT2D eigenvalue weighted by molar-refractivity contribution is 9.10. The maximum absolute atomic E-state index is 12.2. The van der Waals surface area contributed by atoms with Gasteiger partial charge in [-0.1, -0.05) is 57.9 Å². The van der Waals surface area contributed by atoms with Crippen molar-refractivity contribution in [3.05, 3.63) is 63.6 Å². The third kappa shape index (κ3) is 4.49. The summed E-state index contributed by atoms with van der Waals surface area (Å²) in [5.74, 6) is 0.898. The zero-order chi connectivity index (χ0) is 16.2. The van der Waals surface area contributed by atoms with Gasteiger partial charge in [0.05, 0.1) is 11.1 Å². The number of nitrogens with one attached hydrogen (secondary N) is 1. The van der Waals surface area contributed by atoms with E-state index in [1.54, 1.807) is 12.1 Å². The van der Waals surface area contributed by atoms with Gasteiger partial charge in [0.2, 0.25) is 0 Å². The molecule has 0 saturated heterocycles. The summed E-state index contributed by atoms with van der Waals surface area (Å²) in [6.07, 6.45) is 2.30. The highest BCUT2D eigenvalue weighted by Gasteiger charge is 2.33. The van der Waals surface area contributed by atoms with Crippen LogP contribution in [0.3, 0.4) is 0 Å². The van der Waals surface area contributed by atoms with Gasteiger partial charge in [-0.3, -0.25) is 4.79 Å². The number of hydrogen-bond donors (Lipinski definition) is 1. The molecule has 120 valence electrons. The molecule has 23 heavy (non-hydrogen) atoms. The molecule has 1 N–H and O–H groups in total. The highest BCUT2D eigenvalue weighted by atomic mass is 79.9. The zero-order valence-electron chi connectivity index (χ0n) is 12.5. The van der Waals surface area contributed by atoms with Crippen LogP contribution in [0.2, 0.25) is 5.02 Å². The summed E-state index contributed by atoms with van der Waals surface area (Å²) in [6, 6.07) is 15.5. The van der Waals surface area contributed by atoms with E-state index in [1.165, 1.54) is 0 Å². The van der Waals surface area contributed by atoms with Gasteiger partial charge >= 0.3 is 0 Å². The molecular weight excluding hydrogens is 378 g/mol. The van der Waals surface area contributed by atoms with Gasteiger partial charge in [-0.15, -0.1) is 0 Å². The summed E-state index contributed by atoms with van der Waals surface area (Å²) in [4.78, 5) is 12.2. The maximum Gasteiger partial charge on any atom is 0.258 e. The molecule has 1 amide bonds. The minimum atomic E-state index is -0.135. The SMILES string of the molecule is O=C(COc1ccc(Br)cc1Cl)NC(c1ccccc1)C1CC1. The summed E-state index contributed by atoms with van der Waals surface area (Å²) >= 11 is 9.43. The van der Waals surface area contributed by atoms with Gasteiger partial charge < -0.3 is 10.1 Å². The van der Waals surface area contributed by atoms with E-state index in [9.17, 15) is 4.79 Å². The van der Waals surface area contributed by atoms with Crippen LogP contribution in [0.1, 0.15) is 24.4 Å². The van der Waals surface area contributed by atoms with Crippen LogP contribution in [-0.4, -0.2) is 12.5 Å². The number of carbonyl (C=O) groups is 1. The van der Waals surface area contributed by atoms with Crippen LogP contribution in [0.15, 0.2) is 53.0 Å². The Hall–Kier alpha value is -1.52. The number of ether oxygens (including phenoxy) is 1. The van der Waals surface area contributed by atoms with E-state index >= 15 is 0 Å². The highest BCUT2D eigenvalue weighted by Crippen LogP contribution is 2.40. The molecule has 3 rings (SSSR count). The van der Waals surface area contributed by atoms with Crippen molar-refractivity contribution in [2.45, 2.75) is 18.9 Å². The Balaban J connectivity index is 1.59. The first-order chi connectivity index (χ1) is 11.1. The lowest BCUT2D eigenvalue weighted by Crippen LogP contribution is -2.33. The van der Waals surface area contributed by atoms with E-state index in [0.29, 0.717) is 16.7 Å². The Morgan fingerprint density at radius 3 is 2.65 bits per heavy atom. The molecular formula is C18H17BrClNO2. The Bertz CT molecular complexity index is 689. The third-order valence-electron chi connectivity index (χ3n) is 3.82. The topological polar surface area (TPSA) is 38.3 Å². The molecule has 0 spiro atoms. The van der Waals surface area contributed by atoms with Gasteiger partial charge in [-0.25, -0.2) is 0 Å². The molecule has 1 fully saturated rings. The number of hydrogen-bond acceptors (Lipinski definition) is 2. The van der Waals surface area contributed by atoms with Crippen molar-refractivity contribution in [2.24, 2.45) is 5.92 Å². The number of carbonyl (C=O) groups excluding carboxylic acids is 1. The summed E-state index contributed by atoms with van der Waals surface area (Å²) < 4.78 is 6.40. The third-order valence-corrected chi connectivity index (χ3v) is 4.61. The Labute approximate surface area is 149 Å². The molecule has 0 radical (unpaired) electrons. The molecule has 2 aromatic carbocycles. The van der Waals surface area contributed by atoms with E-state index in [-0.39, 0.29) is 18.6 Å². The molecule has 0 bridgehead atoms. The number of amides is 1. The van der Waals surface area contributed by atoms with Crippen LogP contribution in [0, 0.1) is 5.92 Å². The van der Waals surface area contributed by atoms with Crippen molar-refractivity contribution in [3.8, 4) is 5.75 Å². The fourth-order valence-electron chi connectivity index (χ4n) is 2.51. The summed E-state index contributed by atoms with van der Waals surface area (Å²) in [5, 5.41) is 3.56. The minimum absolute atomic E-state index is 0.0442. The van der Waals surface area contributed by atoms with Crippen LogP contribution in [0.5, 0.6) is 5.75 Å². The molecule has 1 unspecified atom stereocenters. The second-order valence-electron chi connectivity index (χ2n) is 5.66. The fourth-order valence-corrected chi connectivity index (χ4v) is 3.24. The monoisotopic (exact) mass is 393 g/mol. The van der Waals surface area contributed by atoms with Gasteiger partial charge in [0.15, 0.2) is 6.61 Å². The normalized spacial score (nSPS) is 15.0. The fraction of sp³-hybridized carbons (Fsp3) is 0.278. The van der Waals surface area contributed by atoms with Crippen molar-refractivity contribution in [1.82, 2.24) is 5.32 Å². The van der Waals surface area contributed by atoms with E-state index in [4.69, 9.17) is 16.3 Å². The first-order valence-electron chi connectivity index (χ1n) is 7.55. The zero-order valence-corrected chi connectivity index (χ0v) is 14.8. The van der Waals surface area contributed by atoms with E-state index in [1.807, 2.05) is 24.3 Å². The van der Waals surface area contributed by atoms with Gasteiger partial charge in [0.1, 0.15) is 5.75 Å². The Morgan fingerprint density at radius 1 is 1.26 bits per heavy atom. The van der Waals surface area contributed by atoms with Crippen molar-refractivity contribution in [1.29, 1.82) is 0 Å². The standard InChI is InChI=1S/C18H17BrClNO2/c19-14-8-9-16(15(20)10-14)23-11-17(22)21-18(13-6-7-13)12-4-2-1-3-5-12/h1-5,8-10,13,18H,6-7,11H2,(H,21,22). The van der Waals surface area contributed by atoms with Gasteiger partial charge in [0.25, 0.3) is 5.91 Å². The number of halogens is 2. The average Bonchev–Trinajstić information content (AvgIpc) is 3.37. The molecule has 0 aliphatic heterocycles. The molecule has 2 aromatic rings. The minimum Gasteiger partial charge on any atom is -0.482 e. The van der Waals surface area contributed by atoms with E-state index < -0.39 is 0 Å². The van der Waals surface area contributed by atoms with Crippen LogP contribution in [0.4, 0.5) is 0 Å². The predicted molar refractivity (Wildman–Crippen MR) is 94.7 cm³/mol. The molecule has 3 nitrogen and oxygen atoms in total. The summed E-state index contributed by atoms with van der Waals surface area (Å²) in [5.41, 5.74) is 1.14. The molecule has 0 aromatic heterocycles. The van der Waals surface area contributed by atoms with Crippen molar-refractivity contribution >= 4 is 33.4 Å². The first-order valence-corrected chi connectivity index (χ1v) is 8.73. The largest absolute Gasteiger partial charge is 0.482 e. The van der Waals surface area contributed by atoms with E-state index in [2.05, 4.69) is 33.4 Å². The van der Waals surface area contributed by atoms with Crippen LogP contribution in [0.25, 0.3) is 0 Å². The lowest BCUT2D eigenvalue weighted by atomic mass is 10.0. The molecule has 5 heteroatoms.